The predicted octanol–water partition coefficient (Wildman–Crippen LogP) is 5.30. The first-order chi connectivity index (χ1) is 8.63. The van der Waals surface area contributed by atoms with E-state index in [0.717, 1.165) is 6.42 Å². The molecular weight excluding hydrogens is 230 g/mol. The predicted molar refractivity (Wildman–Crippen MR) is 85.1 cm³/mol. The molecule has 0 bridgehead atoms. The van der Waals surface area contributed by atoms with Gasteiger partial charge in [0, 0.05) is 16.6 Å². The normalized spacial score (nSPS) is 12.4. The van der Waals surface area contributed by atoms with E-state index in [2.05, 4.69) is 60.4 Å². The largest absolute Gasteiger partial charge is 0.358 e. The molecule has 0 saturated carbocycles. The third kappa shape index (κ3) is 2.31. The molecule has 0 fully saturated rings. The molecule has 0 amide bonds. The van der Waals surface area contributed by atoms with Crippen molar-refractivity contribution in [1.29, 1.82) is 0 Å². The summed E-state index contributed by atoms with van der Waals surface area (Å²) in [5.74, 6) is 0. The monoisotopic (exact) mass is 257 g/mol. The van der Waals surface area contributed by atoms with Crippen LogP contribution >= 0.6 is 0 Å². The van der Waals surface area contributed by atoms with Crippen LogP contribution in [0.1, 0.15) is 54.3 Å². The van der Waals surface area contributed by atoms with Crippen LogP contribution in [-0.4, -0.2) is 4.98 Å². The average molecular weight is 257 g/mol. The number of nitrogens with one attached hydrogen (secondary N) is 1. The van der Waals surface area contributed by atoms with Gasteiger partial charge in [0.05, 0.1) is 0 Å². The lowest BCUT2D eigenvalue weighted by Gasteiger charge is -2.19. The van der Waals surface area contributed by atoms with E-state index < -0.39 is 0 Å². The van der Waals surface area contributed by atoms with E-state index in [4.69, 9.17) is 0 Å². The fourth-order valence-corrected chi connectivity index (χ4v) is 3.05. The Bertz CT molecular complexity index is 636. The number of hydrogen-bond donors (Lipinski definition) is 1. The quantitative estimate of drug-likeness (QED) is 0.713. The number of fused-ring (bicyclic) bond motifs is 1. The Morgan fingerprint density at radius 1 is 0.789 bits per heavy atom. The van der Waals surface area contributed by atoms with Crippen LogP contribution in [0.15, 0.2) is 0 Å². The van der Waals surface area contributed by atoms with Gasteiger partial charge in [-0.1, -0.05) is 20.8 Å². The van der Waals surface area contributed by atoms with Crippen molar-refractivity contribution >= 4 is 10.9 Å². The summed E-state index contributed by atoms with van der Waals surface area (Å²) in [5, 5.41) is 1.47. The SMILES string of the molecule is Cc1[nH]c2c(C)c(C)c(C)c(C)c2c1CC(C)(C)C. The van der Waals surface area contributed by atoms with Gasteiger partial charge in [0.15, 0.2) is 0 Å². The molecule has 104 valence electrons. The van der Waals surface area contributed by atoms with Crippen molar-refractivity contribution < 1.29 is 0 Å². The van der Waals surface area contributed by atoms with Gasteiger partial charge in [-0.3, -0.25) is 0 Å². The summed E-state index contributed by atoms with van der Waals surface area (Å²) >= 11 is 0. The van der Waals surface area contributed by atoms with Crippen molar-refractivity contribution in [2.24, 2.45) is 5.41 Å². The Kier molecular flexibility index (Phi) is 3.28. The summed E-state index contributed by atoms with van der Waals surface area (Å²) in [5.41, 5.74) is 10.2. The van der Waals surface area contributed by atoms with Gasteiger partial charge in [0.1, 0.15) is 0 Å². The first-order valence-electron chi connectivity index (χ1n) is 7.21. The van der Waals surface area contributed by atoms with Gasteiger partial charge in [0.2, 0.25) is 0 Å². The number of aryl methyl sites for hydroxylation is 3. The number of rotatable bonds is 1. The Morgan fingerprint density at radius 2 is 1.32 bits per heavy atom. The molecule has 0 spiro atoms. The van der Waals surface area contributed by atoms with E-state index in [0.29, 0.717) is 5.41 Å². The lowest BCUT2D eigenvalue weighted by Crippen LogP contribution is -2.10. The van der Waals surface area contributed by atoms with Crippen LogP contribution in [0.2, 0.25) is 0 Å². The van der Waals surface area contributed by atoms with Crippen LogP contribution in [0.5, 0.6) is 0 Å². The van der Waals surface area contributed by atoms with E-state index in [9.17, 15) is 0 Å². The van der Waals surface area contributed by atoms with Crippen molar-refractivity contribution in [3.05, 3.63) is 33.5 Å². The van der Waals surface area contributed by atoms with Crippen LogP contribution in [0.3, 0.4) is 0 Å². The fraction of sp³-hybridized carbons (Fsp3) is 0.556. The molecule has 0 atom stereocenters. The Hall–Kier alpha value is -1.24. The van der Waals surface area contributed by atoms with Crippen molar-refractivity contribution in [2.45, 2.75) is 61.8 Å². The van der Waals surface area contributed by atoms with E-state index in [1.54, 1.807) is 0 Å². The molecule has 0 aliphatic rings. The highest BCUT2D eigenvalue weighted by Gasteiger charge is 2.20. The summed E-state index contributed by atoms with van der Waals surface area (Å²) in [7, 11) is 0. The lowest BCUT2D eigenvalue weighted by molar-refractivity contribution is 0.411. The second kappa shape index (κ2) is 4.40. The maximum atomic E-state index is 3.63. The molecule has 2 aromatic rings. The molecule has 0 aliphatic heterocycles. The zero-order valence-electron chi connectivity index (χ0n) is 13.7. The van der Waals surface area contributed by atoms with Crippen molar-refractivity contribution in [2.75, 3.05) is 0 Å². The molecule has 19 heavy (non-hydrogen) atoms. The minimum absolute atomic E-state index is 0.318. The smallest absolute Gasteiger partial charge is 0.0494 e. The molecule has 1 heteroatoms. The highest BCUT2D eigenvalue weighted by atomic mass is 14.7. The van der Waals surface area contributed by atoms with Crippen LogP contribution in [-0.2, 0) is 6.42 Å². The summed E-state index contributed by atoms with van der Waals surface area (Å²) in [6.45, 7) is 18.1. The van der Waals surface area contributed by atoms with Crippen molar-refractivity contribution in [3.8, 4) is 0 Å². The molecule has 0 radical (unpaired) electrons. The standard InChI is InChI=1S/C18H27N/c1-10-11(2)13(4)17-16(12(10)3)15(14(5)19-17)9-18(6,7)8/h19H,9H2,1-8H3. The van der Waals surface area contributed by atoms with Crippen molar-refractivity contribution in [3.63, 3.8) is 0 Å². The maximum Gasteiger partial charge on any atom is 0.0494 e. The van der Waals surface area contributed by atoms with Gasteiger partial charge < -0.3 is 4.98 Å². The first-order valence-corrected chi connectivity index (χ1v) is 7.21. The average Bonchev–Trinajstić information content (AvgIpc) is 2.60. The van der Waals surface area contributed by atoms with Gasteiger partial charge in [0.25, 0.3) is 0 Å². The molecule has 1 heterocycles. The van der Waals surface area contributed by atoms with Crippen LogP contribution in [0.25, 0.3) is 10.9 Å². The Labute approximate surface area is 117 Å². The van der Waals surface area contributed by atoms with Crippen LogP contribution in [0, 0.1) is 40.0 Å². The molecule has 2 rings (SSSR count). The summed E-state index contributed by atoms with van der Waals surface area (Å²) in [6.07, 6.45) is 1.13. The van der Waals surface area contributed by atoms with E-state index >= 15 is 0 Å². The molecule has 1 aromatic heterocycles. The minimum atomic E-state index is 0.318. The van der Waals surface area contributed by atoms with Gasteiger partial charge in [-0.25, -0.2) is 0 Å². The van der Waals surface area contributed by atoms with Gasteiger partial charge in [-0.2, -0.15) is 0 Å². The van der Waals surface area contributed by atoms with Crippen LogP contribution in [0.4, 0.5) is 0 Å². The van der Waals surface area contributed by atoms with E-state index in [1.165, 1.54) is 44.4 Å². The van der Waals surface area contributed by atoms with Gasteiger partial charge in [-0.05, 0) is 74.3 Å². The lowest BCUT2D eigenvalue weighted by atomic mass is 9.85. The molecule has 1 nitrogen and oxygen atoms in total. The van der Waals surface area contributed by atoms with Crippen LogP contribution < -0.4 is 0 Å². The Morgan fingerprint density at radius 3 is 1.84 bits per heavy atom. The first kappa shape index (κ1) is 14.2. The second-order valence-corrected chi connectivity index (χ2v) is 7.22. The third-order valence-electron chi connectivity index (χ3n) is 4.46. The molecule has 1 N–H and O–H groups in total. The molecule has 0 unspecified atom stereocenters. The van der Waals surface area contributed by atoms with E-state index in [-0.39, 0.29) is 0 Å². The van der Waals surface area contributed by atoms with Crippen molar-refractivity contribution in [1.82, 2.24) is 4.98 Å². The summed E-state index contributed by atoms with van der Waals surface area (Å²) in [6, 6.07) is 0. The topological polar surface area (TPSA) is 15.8 Å². The number of benzene rings is 1. The number of H-pyrrole nitrogens is 1. The highest BCUT2D eigenvalue weighted by Crippen LogP contribution is 2.35. The van der Waals surface area contributed by atoms with Gasteiger partial charge >= 0.3 is 0 Å². The molecule has 1 aromatic carbocycles. The Balaban J connectivity index is 2.83. The minimum Gasteiger partial charge on any atom is -0.358 e. The summed E-state index contributed by atoms with van der Waals surface area (Å²) < 4.78 is 0. The molecule has 0 saturated heterocycles. The number of aromatic amines is 1. The van der Waals surface area contributed by atoms with Gasteiger partial charge in [-0.15, -0.1) is 0 Å². The molecular formula is C18H27N. The second-order valence-electron chi connectivity index (χ2n) is 7.22. The third-order valence-corrected chi connectivity index (χ3v) is 4.46. The number of hydrogen-bond acceptors (Lipinski definition) is 0. The zero-order chi connectivity index (χ0) is 14.5. The van der Waals surface area contributed by atoms with E-state index in [1.807, 2.05) is 0 Å². The zero-order valence-corrected chi connectivity index (χ0v) is 13.7. The fourth-order valence-electron chi connectivity index (χ4n) is 3.05. The molecule has 0 aliphatic carbocycles. The highest BCUT2D eigenvalue weighted by molar-refractivity contribution is 5.92. The summed E-state index contributed by atoms with van der Waals surface area (Å²) in [4.78, 5) is 3.63. The maximum absolute atomic E-state index is 3.63. The number of aromatic nitrogens is 1.